The molecule has 0 fully saturated rings. The summed E-state index contributed by atoms with van der Waals surface area (Å²) in [5.74, 6) is -1.79. The number of hydrogen-bond donors (Lipinski definition) is 4. The lowest BCUT2D eigenvalue weighted by molar-refractivity contribution is -0.146. The minimum absolute atomic E-state index is 0.120. The first-order chi connectivity index (χ1) is 12.7. The number of carbonyl (C=O) groups is 2. The summed E-state index contributed by atoms with van der Waals surface area (Å²) in [5.41, 5.74) is 3.84. The first kappa shape index (κ1) is 20.5. The molecule has 1 unspecified atom stereocenters. The Labute approximate surface area is 159 Å². The third kappa shape index (κ3) is 6.11. The molecule has 0 spiro atoms. The fourth-order valence-electron chi connectivity index (χ4n) is 2.44. The Morgan fingerprint density at radius 3 is 2.11 bits per heavy atom. The van der Waals surface area contributed by atoms with Crippen molar-refractivity contribution in [1.82, 2.24) is 5.32 Å². The zero-order chi connectivity index (χ0) is 20.0. The number of aliphatic hydroxyl groups excluding tert-OH is 1. The quantitative estimate of drug-likeness (QED) is 0.601. The summed E-state index contributed by atoms with van der Waals surface area (Å²) in [5, 5.41) is 23.5. The van der Waals surface area contributed by atoms with Gasteiger partial charge < -0.3 is 20.8 Å². The molecule has 0 aliphatic rings. The van der Waals surface area contributed by atoms with Crippen LogP contribution in [0.5, 0.6) is 0 Å². The molecule has 144 valence electrons. The van der Waals surface area contributed by atoms with E-state index < -0.39 is 18.0 Å². The van der Waals surface area contributed by atoms with Gasteiger partial charge in [-0.2, -0.15) is 0 Å². The lowest BCUT2D eigenvalue weighted by Crippen LogP contribution is -2.36. The number of amides is 1. The summed E-state index contributed by atoms with van der Waals surface area (Å²) in [6, 6.07) is 15.3. The molecule has 27 heavy (non-hydrogen) atoms. The highest BCUT2D eigenvalue weighted by Crippen LogP contribution is 2.23. The number of benzene rings is 2. The van der Waals surface area contributed by atoms with Gasteiger partial charge in [0.15, 0.2) is 6.10 Å². The number of carboxylic acids is 1. The molecule has 0 saturated carbocycles. The van der Waals surface area contributed by atoms with E-state index in [1.807, 2.05) is 12.1 Å². The first-order valence-corrected chi connectivity index (χ1v) is 8.79. The zero-order valence-corrected chi connectivity index (χ0v) is 15.8. The van der Waals surface area contributed by atoms with Crippen molar-refractivity contribution < 1.29 is 19.8 Å². The van der Waals surface area contributed by atoms with Crippen molar-refractivity contribution in [3.05, 3.63) is 65.2 Å². The van der Waals surface area contributed by atoms with Gasteiger partial charge in [0.05, 0.1) is 6.54 Å². The van der Waals surface area contributed by atoms with Crippen LogP contribution in [0.25, 0.3) is 0 Å². The van der Waals surface area contributed by atoms with E-state index in [2.05, 4.69) is 55.7 Å². The van der Waals surface area contributed by atoms with E-state index >= 15 is 0 Å². The molecule has 2 aromatic carbocycles. The van der Waals surface area contributed by atoms with Crippen LogP contribution in [0.3, 0.4) is 0 Å². The molecule has 0 radical (unpaired) electrons. The number of aliphatic carboxylic acids is 1. The molecule has 0 bridgehead atoms. The van der Waals surface area contributed by atoms with Gasteiger partial charge in [-0.3, -0.25) is 4.79 Å². The number of rotatable bonds is 7. The Hall–Kier alpha value is -2.86. The number of carboxylic acid groups (broad SMARTS) is 1. The highest BCUT2D eigenvalue weighted by molar-refractivity contribution is 5.94. The molecule has 2 aromatic rings. The normalized spacial score (nSPS) is 12.3. The largest absolute Gasteiger partial charge is 0.479 e. The van der Waals surface area contributed by atoms with Crippen molar-refractivity contribution in [2.24, 2.45) is 0 Å². The van der Waals surface area contributed by atoms with Crippen LogP contribution in [0, 0.1) is 0 Å². The van der Waals surface area contributed by atoms with Crippen LogP contribution < -0.4 is 10.6 Å². The van der Waals surface area contributed by atoms with Crippen LogP contribution in [0.1, 0.15) is 42.3 Å². The molecule has 0 heterocycles. The smallest absolute Gasteiger partial charge is 0.334 e. The molecule has 0 aliphatic carbocycles. The van der Waals surface area contributed by atoms with Crippen molar-refractivity contribution in [2.75, 3.05) is 11.9 Å². The van der Waals surface area contributed by atoms with E-state index in [1.165, 1.54) is 5.56 Å². The number of aliphatic hydroxyl groups is 1. The van der Waals surface area contributed by atoms with Gasteiger partial charge in [0, 0.05) is 17.8 Å². The molecule has 0 aromatic heterocycles. The van der Waals surface area contributed by atoms with Gasteiger partial charge in [0.2, 0.25) is 0 Å². The second-order valence-electron chi connectivity index (χ2n) is 7.44. The molecular weight excluding hydrogens is 344 g/mol. The van der Waals surface area contributed by atoms with Crippen LogP contribution in [0.2, 0.25) is 0 Å². The third-order valence-corrected chi connectivity index (χ3v) is 4.20. The molecular formula is C21H26N2O4. The van der Waals surface area contributed by atoms with Crippen LogP contribution >= 0.6 is 0 Å². The minimum Gasteiger partial charge on any atom is -0.479 e. The van der Waals surface area contributed by atoms with E-state index in [-0.39, 0.29) is 12.0 Å². The molecule has 4 N–H and O–H groups in total. The minimum atomic E-state index is -1.61. The maximum Gasteiger partial charge on any atom is 0.334 e. The molecule has 6 heteroatoms. The summed E-state index contributed by atoms with van der Waals surface area (Å²) < 4.78 is 0. The average Bonchev–Trinajstić information content (AvgIpc) is 2.64. The van der Waals surface area contributed by atoms with Crippen molar-refractivity contribution in [3.8, 4) is 0 Å². The fourth-order valence-corrected chi connectivity index (χ4v) is 2.44. The fraction of sp³-hybridized carbons (Fsp3) is 0.333. The summed E-state index contributed by atoms with van der Waals surface area (Å²) in [7, 11) is 0. The van der Waals surface area contributed by atoms with Crippen molar-refractivity contribution in [1.29, 1.82) is 0 Å². The van der Waals surface area contributed by atoms with E-state index in [0.29, 0.717) is 12.1 Å². The van der Waals surface area contributed by atoms with E-state index in [0.717, 1.165) is 11.3 Å². The van der Waals surface area contributed by atoms with Crippen LogP contribution in [-0.2, 0) is 16.8 Å². The van der Waals surface area contributed by atoms with Gasteiger partial charge in [0.25, 0.3) is 5.91 Å². The van der Waals surface area contributed by atoms with Gasteiger partial charge >= 0.3 is 5.97 Å². The molecule has 2 rings (SSSR count). The standard InChI is InChI=1S/C21H26N2O4/c1-21(2,3)16-8-10-17(11-9-16)22-12-14-4-6-15(7-5-14)19(25)23-13-18(24)20(26)27/h4-11,18,22,24H,12-13H2,1-3H3,(H,23,25)(H,26,27). The van der Waals surface area contributed by atoms with Crippen molar-refractivity contribution in [3.63, 3.8) is 0 Å². The summed E-state index contributed by atoms with van der Waals surface area (Å²) in [6.07, 6.45) is -1.61. The Balaban J connectivity index is 1.88. The van der Waals surface area contributed by atoms with Crippen molar-refractivity contribution in [2.45, 2.75) is 38.8 Å². The van der Waals surface area contributed by atoms with Gasteiger partial charge in [-0.05, 0) is 40.8 Å². The zero-order valence-electron chi connectivity index (χ0n) is 15.8. The monoisotopic (exact) mass is 370 g/mol. The molecule has 0 saturated heterocycles. The number of carbonyl (C=O) groups excluding carboxylic acids is 1. The lowest BCUT2D eigenvalue weighted by Gasteiger charge is -2.19. The van der Waals surface area contributed by atoms with Crippen LogP contribution in [0.4, 0.5) is 5.69 Å². The second-order valence-corrected chi connectivity index (χ2v) is 7.44. The molecule has 1 atom stereocenters. The number of nitrogens with one attached hydrogen (secondary N) is 2. The summed E-state index contributed by atoms with van der Waals surface area (Å²) >= 11 is 0. The highest BCUT2D eigenvalue weighted by atomic mass is 16.4. The molecule has 0 aliphatic heterocycles. The third-order valence-electron chi connectivity index (χ3n) is 4.20. The van der Waals surface area contributed by atoms with E-state index in [1.54, 1.807) is 12.1 Å². The van der Waals surface area contributed by atoms with Gasteiger partial charge in [0.1, 0.15) is 0 Å². The van der Waals surface area contributed by atoms with Gasteiger partial charge in [-0.25, -0.2) is 4.79 Å². The summed E-state index contributed by atoms with van der Waals surface area (Å²) in [4.78, 5) is 22.5. The number of anilines is 1. The highest BCUT2D eigenvalue weighted by Gasteiger charge is 2.15. The Kier molecular flexibility index (Phi) is 6.58. The Bertz CT molecular complexity index is 777. The Morgan fingerprint density at radius 2 is 1.59 bits per heavy atom. The SMILES string of the molecule is CC(C)(C)c1ccc(NCc2ccc(C(=O)NCC(O)C(=O)O)cc2)cc1. The van der Waals surface area contributed by atoms with Crippen LogP contribution in [0.15, 0.2) is 48.5 Å². The van der Waals surface area contributed by atoms with Gasteiger partial charge in [-0.15, -0.1) is 0 Å². The van der Waals surface area contributed by atoms with Crippen molar-refractivity contribution >= 4 is 17.6 Å². The average molecular weight is 370 g/mol. The number of hydrogen-bond acceptors (Lipinski definition) is 4. The van der Waals surface area contributed by atoms with E-state index in [9.17, 15) is 14.7 Å². The molecule has 6 nitrogen and oxygen atoms in total. The maximum atomic E-state index is 11.9. The lowest BCUT2D eigenvalue weighted by atomic mass is 9.87. The summed E-state index contributed by atoms with van der Waals surface area (Å²) in [6.45, 7) is 6.82. The first-order valence-electron chi connectivity index (χ1n) is 8.79. The second kappa shape index (κ2) is 8.68. The Morgan fingerprint density at radius 1 is 1.00 bits per heavy atom. The van der Waals surface area contributed by atoms with Crippen LogP contribution in [-0.4, -0.2) is 34.7 Å². The van der Waals surface area contributed by atoms with Gasteiger partial charge in [-0.1, -0.05) is 45.0 Å². The predicted octanol–water partition coefficient (Wildman–Crippen LogP) is 2.77. The topological polar surface area (TPSA) is 98.7 Å². The molecule has 1 amide bonds. The maximum absolute atomic E-state index is 11.9. The van der Waals surface area contributed by atoms with E-state index in [4.69, 9.17) is 5.11 Å². The predicted molar refractivity (Wildman–Crippen MR) is 105 cm³/mol.